The standard InChI is InChI=1S/C12H12FN3O3/c1-16-9(14)5-7(15-16)10-11(17)6(13)4-8-12(10)19-3-2-18-8/h4-5,17H,2-3,14H2,1H3. The summed E-state index contributed by atoms with van der Waals surface area (Å²) in [7, 11) is 1.65. The van der Waals surface area contributed by atoms with E-state index in [1.807, 2.05) is 0 Å². The number of aromatic hydroxyl groups is 1. The number of nitrogen functional groups attached to an aromatic ring is 1. The summed E-state index contributed by atoms with van der Waals surface area (Å²) in [5.74, 6) is -0.390. The van der Waals surface area contributed by atoms with Crippen LogP contribution in [0.5, 0.6) is 17.2 Å². The molecule has 0 saturated carbocycles. The second kappa shape index (κ2) is 4.04. The van der Waals surface area contributed by atoms with Gasteiger partial charge in [0.1, 0.15) is 24.7 Å². The summed E-state index contributed by atoms with van der Waals surface area (Å²) in [4.78, 5) is 0. The van der Waals surface area contributed by atoms with E-state index in [4.69, 9.17) is 15.2 Å². The largest absolute Gasteiger partial charge is 0.504 e. The van der Waals surface area contributed by atoms with Gasteiger partial charge in [0.25, 0.3) is 0 Å². The van der Waals surface area contributed by atoms with Gasteiger partial charge in [-0.2, -0.15) is 5.10 Å². The summed E-state index contributed by atoms with van der Waals surface area (Å²) in [6.07, 6.45) is 0. The molecule has 3 rings (SSSR count). The number of anilines is 1. The van der Waals surface area contributed by atoms with E-state index in [9.17, 15) is 9.50 Å². The van der Waals surface area contributed by atoms with Gasteiger partial charge < -0.3 is 20.3 Å². The highest BCUT2D eigenvalue weighted by Gasteiger charge is 2.26. The fourth-order valence-electron chi connectivity index (χ4n) is 1.99. The minimum absolute atomic E-state index is 0.155. The Kier molecular flexibility index (Phi) is 2.48. The van der Waals surface area contributed by atoms with Gasteiger partial charge in [-0.15, -0.1) is 0 Å². The van der Waals surface area contributed by atoms with Gasteiger partial charge >= 0.3 is 0 Å². The number of aromatic nitrogens is 2. The summed E-state index contributed by atoms with van der Waals surface area (Å²) in [5.41, 5.74) is 6.18. The van der Waals surface area contributed by atoms with Crippen LogP contribution in [0.1, 0.15) is 0 Å². The summed E-state index contributed by atoms with van der Waals surface area (Å²) in [6, 6.07) is 2.63. The molecule has 0 amide bonds. The Morgan fingerprint density at radius 2 is 2.11 bits per heavy atom. The minimum atomic E-state index is -0.788. The number of rotatable bonds is 1. The van der Waals surface area contributed by atoms with E-state index in [1.165, 1.54) is 10.7 Å². The number of halogens is 1. The topological polar surface area (TPSA) is 82.5 Å². The Bertz CT molecular complexity index is 635. The van der Waals surface area contributed by atoms with Gasteiger partial charge in [0.2, 0.25) is 0 Å². The molecule has 0 spiro atoms. The maximum atomic E-state index is 13.7. The predicted molar refractivity (Wildman–Crippen MR) is 65.7 cm³/mol. The maximum Gasteiger partial charge on any atom is 0.174 e. The molecule has 6 nitrogen and oxygen atoms in total. The average molecular weight is 265 g/mol. The second-order valence-corrected chi connectivity index (χ2v) is 4.18. The van der Waals surface area contributed by atoms with Crippen LogP contribution in [0.3, 0.4) is 0 Å². The first-order chi connectivity index (χ1) is 9.08. The molecule has 100 valence electrons. The summed E-state index contributed by atoms with van der Waals surface area (Å²) >= 11 is 0. The highest BCUT2D eigenvalue weighted by molar-refractivity contribution is 5.79. The first-order valence-corrected chi connectivity index (χ1v) is 5.69. The lowest BCUT2D eigenvalue weighted by Gasteiger charge is -2.21. The lowest BCUT2D eigenvalue weighted by molar-refractivity contribution is 0.170. The van der Waals surface area contributed by atoms with E-state index in [1.54, 1.807) is 7.05 Å². The molecule has 0 atom stereocenters. The minimum Gasteiger partial charge on any atom is -0.504 e. The average Bonchev–Trinajstić information content (AvgIpc) is 2.71. The molecule has 0 saturated heterocycles. The molecule has 0 unspecified atom stereocenters. The molecule has 2 heterocycles. The Balaban J connectivity index is 2.26. The van der Waals surface area contributed by atoms with E-state index in [-0.39, 0.29) is 17.1 Å². The molecule has 2 aromatic rings. The quantitative estimate of drug-likeness (QED) is 0.811. The maximum absolute atomic E-state index is 13.7. The third-order valence-corrected chi connectivity index (χ3v) is 2.93. The number of hydrogen-bond donors (Lipinski definition) is 2. The molecule has 3 N–H and O–H groups in total. The van der Waals surface area contributed by atoms with Gasteiger partial charge in [0, 0.05) is 19.2 Å². The van der Waals surface area contributed by atoms with E-state index in [2.05, 4.69) is 5.10 Å². The number of aryl methyl sites for hydroxylation is 1. The van der Waals surface area contributed by atoms with Crippen LogP contribution in [0.25, 0.3) is 11.3 Å². The molecule has 1 aliphatic rings. The van der Waals surface area contributed by atoms with Gasteiger partial charge in [-0.25, -0.2) is 4.39 Å². The number of benzene rings is 1. The normalized spacial score (nSPS) is 13.6. The predicted octanol–water partition coefficient (Wildman–Crippen LogP) is 1.29. The van der Waals surface area contributed by atoms with Crippen molar-refractivity contribution >= 4 is 5.82 Å². The number of phenols is 1. The van der Waals surface area contributed by atoms with Gasteiger partial charge in [-0.05, 0) is 0 Å². The third kappa shape index (κ3) is 1.74. The SMILES string of the molecule is Cn1nc(-c2c(O)c(F)cc3c2OCCO3)cc1N. The highest BCUT2D eigenvalue weighted by atomic mass is 19.1. The van der Waals surface area contributed by atoms with Crippen LogP contribution < -0.4 is 15.2 Å². The monoisotopic (exact) mass is 265 g/mol. The van der Waals surface area contributed by atoms with Crippen molar-refractivity contribution < 1.29 is 19.0 Å². The first kappa shape index (κ1) is 11.6. The van der Waals surface area contributed by atoms with Crippen LogP contribution in [0.15, 0.2) is 12.1 Å². The van der Waals surface area contributed by atoms with Crippen LogP contribution in [-0.2, 0) is 7.05 Å². The number of phenolic OH excluding ortho intramolecular Hbond substituents is 1. The lowest BCUT2D eigenvalue weighted by Crippen LogP contribution is -2.16. The van der Waals surface area contributed by atoms with Crippen LogP contribution in [0, 0.1) is 5.82 Å². The number of fused-ring (bicyclic) bond motifs is 1. The molecule has 19 heavy (non-hydrogen) atoms. The smallest absolute Gasteiger partial charge is 0.174 e. The number of hydrogen-bond acceptors (Lipinski definition) is 5. The molecule has 0 aliphatic carbocycles. The van der Waals surface area contributed by atoms with E-state index in [0.717, 1.165) is 6.07 Å². The Hall–Kier alpha value is -2.44. The summed E-state index contributed by atoms with van der Waals surface area (Å²) in [5, 5.41) is 14.0. The second-order valence-electron chi connectivity index (χ2n) is 4.18. The van der Waals surface area contributed by atoms with Gasteiger partial charge in [-0.3, -0.25) is 4.68 Å². The van der Waals surface area contributed by atoms with Crippen LogP contribution >= 0.6 is 0 Å². The molecular weight excluding hydrogens is 253 g/mol. The van der Waals surface area contributed by atoms with Crippen LogP contribution in [0.4, 0.5) is 10.2 Å². The van der Waals surface area contributed by atoms with E-state index in [0.29, 0.717) is 24.7 Å². The number of nitrogens with two attached hydrogens (primary N) is 1. The lowest BCUT2D eigenvalue weighted by atomic mass is 10.1. The molecule has 0 fully saturated rings. The molecule has 1 aromatic carbocycles. The zero-order valence-electron chi connectivity index (χ0n) is 10.2. The first-order valence-electron chi connectivity index (χ1n) is 5.69. The van der Waals surface area contributed by atoms with Crippen molar-refractivity contribution in [1.29, 1.82) is 0 Å². The van der Waals surface area contributed by atoms with Crippen molar-refractivity contribution in [2.24, 2.45) is 7.05 Å². The van der Waals surface area contributed by atoms with Crippen molar-refractivity contribution in [3.05, 3.63) is 17.9 Å². The highest BCUT2D eigenvalue weighted by Crippen LogP contribution is 2.46. The molecule has 7 heteroatoms. The number of nitrogens with zero attached hydrogens (tertiary/aromatic N) is 2. The van der Waals surface area contributed by atoms with Crippen LogP contribution in [-0.4, -0.2) is 28.1 Å². The summed E-state index contributed by atoms with van der Waals surface area (Å²) < 4.78 is 25.9. The zero-order chi connectivity index (χ0) is 13.6. The number of ether oxygens (including phenoxy) is 2. The Morgan fingerprint density at radius 1 is 1.37 bits per heavy atom. The zero-order valence-corrected chi connectivity index (χ0v) is 10.2. The molecule has 1 aromatic heterocycles. The molecular formula is C12H12FN3O3. The van der Waals surface area contributed by atoms with Crippen molar-refractivity contribution in [2.75, 3.05) is 18.9 Å². The molecule has 0 bridgehead atoms. The fraction of sp³-hybridized carbons (Fsp3) is 0.250. The molecule has 0 radical (unpaired) electrons. The van der Waals surface area contributed by atoms with Gasteiger partial charge in [-0.1, -0.05) is 0 Å². The third-order valence-electron chi connectivity index (χ3n) is 2.93. The van der Waals surface area contributed by atoms with E-state index >= 15 is 0 Å². The van der Waals surface area contributed by atoms with Crippen molar-refractivity contribution in [1.82, 2.24) is 9.78 Å². The van der Waals surface area contributed by atoms with Gasteiger partial charge in [0.05, 0.1) is 5.56 Å². The van der Waals surface area contributed by atoms with Crippen molar-refractivity contribution in [3.8, 4) is 28.5 Å². The van der Waals surface area contributed by atoms with Crippen LogP contribution in [0.2, 0.25) is 0 Å². The fourth-order valence-corrected chi connectivity index (χ4v) is 1.99. The summed E-state index contributed by atoms with van der Waals surface area (Å²) in [6.45, 7) is 0.661. The Morgan fingerprint density at radius 3 is 2.79 bits per heavy atom. The van der Waals surface area contributed by atoms with E-state index < -0.39 is 11.6 Å². The van der Waals surface area contributed by atoms with Crippen molar-refractivity contribution in [3.63, 3.8) is 0 Å². The van der Waals surface area contributed by atoms with Gasteiger partial charge in [0.15, 0.2) is 23.1 Å². The van der Waals surface area contributed by atoms with Crippen molar-refractivity contribution in [2.45, 2.75) is 0 Å². The molecule has 1 aliphatic heterocycles. The Labute approximate surface area is 108 Å².